The van der Waals surface area contributed by atoms with Crippen LogP contribution in [0, 0.1) is 0 Å². The molecule has 2 rings (SSSR count). The largest absolute Gasteiger partial charge is 0.507 e. The van der Waals surface area contributed by atoms with Crippen molar-refractivity contribution in [3.63, 3.8) is 0 Å². The van der Waals surface area contributed by atoms with Crippen LogP contribution in [0.15, 0.2) is 18.2 Å². The molecule has 0 unspecified atom stereocenters. The smallest absolute Gasteiger partial charge is 0.255 e. The number of amides is 1. The van der Waals surface area contributed by atoms with Crippen molar-refractivity contribution in [1.82, 2.24) is 5.32 Å². The number of aromatic hydroxyl groups is 1. The Kier molecular flexibility index (Phi) is 3.36. The fourth-order valence-corrected chi connectivity index (χ4v) is 1.92. The van der Waals surface area contributed by atoms with E-state index in [0.717, 1.165) is 18.4 Å². The average Bonchev–Trinajstić information content (AvgIpc) is 2.22. The summed E-state index contributed by atoms with van der Waals surface area (Å²) in [6.07, 6.45) is 3.29. The molecule has 1 aliphatic carbocycles. The van der Waals surface area contributed by atoms with Crippen LogP contribution >= 0.6 is 0 Å². The monoisotopic (exact) mass is 233 g/mol. The summed E-state index contributed by atoms with van der Waals surface area (Å²) in [6, 6.07) is 5.59. The number of phenols is 1. The first kappa shape index (κ1) is 12.0. The molecular formula is C14H19NO2. The lowest BCUT2D eigenvalue weighted by molar-refractivity contribution is 0.0914. The van der Waals surface area contributed by atoms with E-state index in [2.05, 4.69) is 19.2 Å². The van der Waals surface area contributed by atoms with Crippen LogP contribution in [0.1, 0.15) is 54.9 Å². The zero-order valence-electron chi connectivity index (χ0n) is 10.4. The molecule has 0 bridgehead atoms. The summed E-state index contributed by atoms with van der Waals surface area (Å²) >= 11 is 0. The second-order valence-corrected chi connectivity index (χ2v) is 5.03. The second kappa shape index (κ2) is 4.78. The van der Waals surface area contributed by atoms with Gasteiger partial charge in [0, 0.05) is 6.04 Å². The van der Waals surface area contributed by atoms with Gasteiger partial charge in [-0.3, -0.25) is 4.79 Å². The predicted octanol–water partition coefficient (Wildman–Crippen LogP) is 2.80. The highest BCUT2D eigenvalue weighted by molar-refractivity contribution is 5.97. The third-order valence-electron chi connectivity index (χ3n) is 3.37. The van der Waals surface area contributed by atoms with Gasteiger partial charge in [-0.25, -0.2) is 0 Å². The van der Waals surface area contributed by atoms with E-state index in [0.29, 0.717) is 17.5 Å². The van der Waals surface area contributed by atoms with Crippen LogP contribution in [0.2, 0.25) is 0 Å². The molecule has 92 valence electrons. The third kappa shape index (κ3) is 2.60. The van der Waals surface area contributed by atoms with Crippen LogP contribution < -0.4 is 5.32 Å². The van der Waals surface area contributed by atoms with Crippen LogP contribution in [-0.2, 0) is 0 Å². The molecule has 17 heavy (non-hydrogen) atoms. The zero-order chi connectivity index (χ0) is 12.4. The number of phenolic OH excluding ortho intramolecular Hbond substituents is 1. The minimum Gasteiger partial charge on any atom is -0.507 e. The van der Waals surface area contributed by atoms with Crippen molar-refractivity contribution in [2.24, 2.45) is 0 Å². The highest BCUT2D eigenvalue weighted by Crippen LogP contribution is 2.25. The Bertz CT molecular complexity index is 422. The molecule has 0 heterocycles. The van der Waals surface area contributed by atoms with Gasteiger partial charge < -0.3 is 10.4 Å². The highest BCUT2D eigenvalue weighted by Gasteiger charge is 2.21. The summed E-state index contributed by atoms with van der Waals surface area (Å²) in [6.45, 7) is 4.12. The van der Waals surface area contributed by atoms with Gasteiger partial charge in [0.25, 0.3) is 5.91 Å². The summed E-state index contributed by atoms with van der Waals surface area (Å²) in [4.78, 5) is 11.9. The molecule has 1 aromatic carbocycles. The van der Waals surface area contributed by atoms with Crippen LogP contribution in [0.25, 0.3) is 0 Å². The Hall–Kier alpha value is -1.51. The number of hydrogen-bond donors (Lipinski definition) is 2. The van der Waals surface area contributed by atoms with Crippen molar-refractivity contribution in [3.05, 3.63) is 29.3 Å². The molecule has 1 fully saturated rings. The minimum absolute atomic E-state index is 0.0769. The predicted molar refractivity (Wildman–Crippen MR) is 67.3 cm³/mol. The lowest BCUT2D eigenvalue weighted by atomic mass is 9.92. The Morgan fingerprint density at radius 3 is 2.59 bits per heavy atom. The van der Waals surface area contributed by atoms with Gasteiger partial charge in [0.2, 0.25) is 0 Å². The number of carbonyl (C=O) groups is 1. The lowest BCUT2D eigenvalue weighted by Crippen LogP contribution is -2.39. The molecule has 0 saturated heterocycles. The number of carbonyl (C=O) groups excluding carboxylic acids is 1. The highest BCUT2D eigenvalue weighted by atomic mass is 16.3. The van der Waals surface area contributed by atoms with Gasteiger partial charge in [0.05, 0.1) is 5.56 Å². The Morgan fingerprint density at radius 2 is 2.12 bits per heavy atom. The number of nitrogens with one attached hydrogen (secondary N) is 1. The van der Waals surface area contributed by atoms with E-state index in [9.17, 15) is 9.90 Å². The molecular weight excluding hydrogens is 214 g/mol. The van der Waals surface area contributed by atoms with E-state index in [1.54, 1.807) is 12.1 Å². The van der Waals surface area contributed by atoms with Crippen LogP contribution in [0.4, 0.5) is 0 Å². The third-order valence-corrected chi connectivity index (χ3v) is 3.37. The molecule has 1 aliphatic rings. The summed E-state index contributed by atoms with van der Waals surface area (Å²) in [5, 5.41) is 12.8. The van der Waals surface area contributed by atoms with Gasteiger partial charge in [0.15, 0.2) is 0 Å². The van der Waals surface area contributed by atoms with E-state index in [1.165, 1.54) is 6.42 Å². The molecule has 2 N–H and O–H groups in total. The molecule has 3 nitrogen and oxygen atoms in total. The van der Waals surface area contributed by atoms with Crippen molar-refractivity contribution in [1.29, 1.82) is 0 Å². The maximum atomic E-state index is 11.9. The lowest BCUT2D eigenvalue weighted by Gasteiger charge is -2.26. The second-order valence-electron chi connectivity index (χ2n) is 5.03. The fraction of sp³-hybridized carbons (Fsp3) is 0.500. The van der Waals surface area contributed by atoms with E-state index in [4.69, 9.17) is 0 Å². The van der Waals surface area contributed by atoms with Gasteiger partial charge in [-0.05, 0) is 42.9 Å². The number of hydrogen-bond acceptors (Lipinski definition) is 2. The van der Waals surface area contributed by atoms with Gasteiger partial charge in [-0.15, -0.1) is 0 Å². The van der Waals surface area contributed by atoms with Crippen molar-refractivity contribution in [2.75, 3.05) is 0 Å². The zero-order valence-corrected chi connectivity index (χ0v) is 10.4. The average molecular weight is 233 g/mol. The summed E-state index contributed by atoms with van der Waals surface area (Å²) < 4.78 is 0. The van der Waals surface area contributed by atoms with Gasteiger partial charge in [-0.1, -0.05) is 19.9 Å². The van der Waals surface area contributed by atoms with E-state index in [1.807, 2.05) is 6.07 Å². The van der Waals surface area contributed by atoms with Crippen LogP contribution in [0.5, 0.6) is 5.75 Å². The topological polar surface area (TPSA) is 49.3 Å². The van der Waals surface area contributed by atoms with Crippen molar-refractivity contribution >= 4 is 5.91 Å². The molecule has 0 aromatic heterocycles. The Labute approximate surface area is 102 Å². The fourth-order valence-electron chi connectivity index (χ4n) is 1.92. The SMILES string of the molecule is CC(C)c1ccc(C(=O)NC2CCC2)c(O)c1. The molecule has 1 aromatic rings. The minimum atomic E-state index is -0.164. The van der Waals surface area contributed by atoms with Gasteiger partial charge in [0.1, 0.15) is 5.75 Å². The number of rotatable bonds is 3. The molecule has 3 heteroatoms. The first-order chi connectivity index (χ1) is 8.08. The van der Waals surface area contributed by atoms with Crippen molar-refractivity contribution < 1.29 is 9.90 Å². The Morgan fingerprint density at radius 1 is 1.41 bits per heavy atom. The van der Waals surface area contributed by atoms with Crippen LogP contribution in [-0.4, -0.2) is 17.1 Å². The van der Waals surface area contributed by atoms with Crippen molar-refractivity contribution in [3.8, 4) is 5.75 Å². The first-order valence-corrected chi connectivity index (χ1v) is 6.21. The normalized spacial score (nSPS) is 15.7. The maximum absolute atomic E-state index is 11.9. The quantitative estimate of drug-likeness (QED) is 0.843. The maximum Gasteiger partial charge on any atom is 0.255 e. The van der Waals surface area contributed by atoms with E-state index >= 15 is 0 Å². The van der Waals surface area contributed by atoms with Crippen LogP contribution in [0.3, 0.4) is 0 Å². The van der Waals surface area contributed by atoms with Gasteiger partial charge >= 0.3 is 0 Å². The molecule has 1 saturated carbocycles. The molecule has 0 aliphatic heterocycles. The molecule has 1 amide bonds. The summed E-state index contributed by atoms with van der Waals surface area (Å²) in [7, 11) is 0. The van der Waals surface area contributed by atoms with Gasteiger partial charge in [-0.2, -0.15) is 0 Å². The molecule has 0 spiro atoms. The molecule has 0 radical (unpaired) electrons. The summed E-state index contributed by atoms with van der Waals surface area (Å²) in [5.74, 6) is 0.264. The van der Waals surface area contributed by atoms with E-state index < -0.39 is 0 Å². The van der Waals surface area contributed by atoms with Crippen molar-refractivity contribution in [2.45, 2.75) is 45.1 Å². The van der Waals surface area contributed by atoms with E-state index in [-0.39, 0.29) is 11.7 Å². The standard InChI is InChI=1S/C14H19NO2/c1-9(2)10-6-7-12(13(16)8-10)14(17)15-11-4-3-5-11/h6-9,11,16H,3-5H2,1-2H3,(H,15,17). The molecule has 0 atom stereocenters. The number of benzene rings is 1. The first-order valence-electron chi connectivity index (χ1n) is 6.21. The summed E-state index contributed by atoms with van der Waals surface area (Å²) in [5.41, 5.74) is 1.42. The Balaban J connectivity index is 2.12.